The lowest BCUT2D eigenvalue weighted by Crippen LogP contribution is -2.30. The highest BCUT2D eigenvalue weighted by molar-refractivity contribution is 5.77. The molecule has 2 heterocycles. The number of methoxy groups -OCH3 is 1. The Hall–Kier alpha value is -3.09. The van der Waals surface area contributed by atoms with E-state index in [0.29, 0.717) is 11.8 Å². The van der Waals surface area contributed by atoms with Crippen molar-refractivity contribution in [3.05, 3.63) is 53.2 Å². The number of nitrogens with zero attached hydrogens (tertiary/aromatic N) is 3. The van der Waals surface area contributed by atoms with Crippen molar-refractivity contribution >= 4 is 5.91 Å². The first-order chi connectivity index (χ1) is 14.0. The molecule has 29 heavy (non-hydrogen) atoms. The lowest BCUT2D eigenvalue weighted by molar-refractivity contribution is -0.122. The van der Waals surface area contributed by atoms with Crippen LogP contribution in [0.1, 0.15) is 54.6 Å². The van der Waals surface area contributed by atoms with Crippen LogP contribution in [0.3, 0.4) is 0 Å². The molecule has 1 amide bonds. The topological polar surface area (TPSA) is 82.2 Å². The average Bonchev–Trinajstić information content (AvgIpc) is 3.39. The summed E-state index contributed by atoms with van der Waals surface area (Å²) in [6, 6.07) is 9.61. The number of aromatic nitrogens is 3. The summed E-state index contributed by atoms with van der Waals surface area (Å²) in [5.74, 6) is 2.41. The van der Waals surface area contributed by atoms with Gasteiger partial charge in [0.2, 0.25) is 17.7 Å². The number of ether oxygens (including phenoxy) is 1. The van der Waals surface area contributed by atoms with Gasteiger partial charge in [-0.25, -0.2) is 0 Å². The van der Waals surface area contributed by atoms with Gasteiger partial charge in [0, 0.05) is 17.3 Å². The number of aryl methyl sites for hydroxylation is 1. The van der Waals surface area contributed by atoms with Gasteiger partial charge in [-0.15, -0.1) is 10.2 Å². The maximum absolute atomic E-state index is 12.7. The standard InChI is InChI=1S/C22H26N4O3/c1-13-11-19(22-25-24-21(29-22)17-5-6-17)15(3)26(13)12-20(27)23-14(2)16-7-9-18(28-4)10-8-16/h7-11,14,17H,5-6,12H2,1-4H3,(H,23,27). The van der Waals surface area contributed by atoms with E-state index in [1.807, 2.05) is 55.7 Å². The Labute approximate surface area is 170 Å². The van der Waals surface area contributed by atoms with Crippen molar-refractivity contribution in [2.24, 2.45) is 0 Å². The van der Waals surface area contributed by atoms with Crippen molar-refractivity contribution in [3.63, 3.8) is 0 Å². The minimum atomic E-state index is -0.0962. The Morgan fingerprint density at radius 3 is 2.66 bits per heavy atom. The summed E-state index contributed by atoms with van der Waals surface area (Å²) >= 11 is 0. The molecule has 2 aromatic heterocycles. The Morgan fingerprint density at radius 2 is 2.00 bits per heavy atom. The van der Waals surface area contributed by atoms with Crippen LogP contribution in [0, 0.1) is 13.8 Å². The first kappa shape index (κ1) is 19.2. The van der Waals surface area contributed by atoms with Crippen LogP contribution in [-0.2, 0) is 11.3 Å². The van der Waals surface area contributed by atoms with Gasteiger partial charge in [0.05, 0.1) is 18.7 Å². The number of hydrogen-bond acceptors (Lipinski definition) is 5. The molecular formula is C22H26N4O3. The highest BCUT2D eigenvalue weighted by Gasteiger charge is 2.30. The summed E-state index contributed by atoms with van der Waals surface area (Å²) < 4.78 is 13.0. The number of carbonyl (C=O) groups excluding carboxylic acids is 1. The molecule has 152 valence electrons. The minimum absolute atomic E-state index is 0.0501. The third kappa shape index (κ3) is 4.04. The van der Waals surface area contributed by atoms with Crippen LogP contribution in [0.5, 0.6) is 5.75 Å². The number of rotatable bonds is 7. The molecule has 0 radical (unpaired) electrons. The Bertz CT molecular complexity index is 1020. The molecule has 1 aromatic carbocycles. The molecule has 0 bridgehead atoms. The fraction of sp³-hybridized carbons (Fsp3) is 0.409. The summed E-state index contributed by atoms with van der Waals surface area (Å²) in [4.78, 5) is 12.7. The molecular weight excluding hydrogens is 368 g/mol. The largest absolute Gasteiger partial charge is 0.497 e. The van der Waals surface area contributed by atoms with Crippen LogP contribution in [0.2, 0.25) is 0 Å². The Morgan fingerprint density at radius 1 is 1.28 bits per heavy atom. The molecule has 0 saturated heterocycles. The molecule has 1 unspecified atom stereocenters. The molecule has 0 spiro atoms. The van der Waals surface area contributed by atoms with Gasteiger partial charge in [-0.1, -0.05) is 12.1 Å². The van der Waals surface area contributed by atoms with Crippen LogP contribution in [-0.4, -0.2) is 27.8 Å². The van der Waals surface area contributed by atoms with E-state index in [2.05, 4.69) is 15.5 Å². The van der Waals surface area contributed by atoms with E-state index in [1.165, 1.54) is 0 Å². The third-order valence-corrected chi connectivity index (χ3v) is 5.47. The predicted octanol–water partition coefficient (Wildman–Crippen LogP) is 3.92. The fourth-order valence-electron chi connectivity index (χ4n) is 3.51. The summed E-state index contributed by atoms with van der Waals surface area (Å²) in [6.07, 6.45) is 2.24. The van der Waals surface area contributed by atoms with Gasteiger partial charge < -0.3 is 19.0 Å². The van der Waals surface area contributed by atoms with Crippen molar-refractivity contribution in [1.82, 2.24) is 20.1 Å². The van der Waals surface area contributed by atoms with Gasteiger partial charge in [-0.05, 0) is 57.4 Å². The summed E-state index contributed by atoms with van der Waals surface area (Å²) in [6.45, 7) is 6.17. The molecule has 1 atom stereocenters. The number of amides is 1. The lowest BCUT2D eigenvalue weighted by Gasteiger charge is -2.16. The highest BCUT2D eigenvalue weighted by Crippen LogP contribution is 2.40. The van der Waals surface area contributed by atoms with Crippen LogP contribution in [0.15, 0.2) is 34.7 Å². The van der Waals surface area contributed by atoms with E-state index < -0.39 is 0 Å². The second-order valence-corrected chi connectivity index (χ2v) is 7.65. The van der Waals surface area contributed by atoms with Crippen LogP contribution < -0.4 is 10.1 Å². The van der Waals surface area contributed by atoms with Gasteiger partial charge in [0.15, 0.2) is 0 Å². The molecule has 7 nitrogen and oxygen atoms in total. The molecule has 1 fully saturated rings. The fourth-order valence-corrected chi connectivity index (χ4v) is 3.51. The second kappa shape index (κ2) is 7.73. The van der Waals surface area contributed by atoms with Crippen molar-refractivity contribution in [2.45, 2.75) is 52.1 Å². The van der Waals surface area contributed by atoms with Gasteiger partial charge in [0.25, 0.3) is 0 Å². The first-order valence-electron chi connectivity index (χ1n) is 9.90. The third-order valence-electron chi connectivity index (χ3n) is 5.47. The van der Waals surface area contributed by atoms with Crippen LogP contribution in [0.4, 0.5) is 0 Å². The van der Waals surface area contributed by atoms with E-state index in [9.17, 15) is 4.79 Å². The van der Waals surface area contributed by atoms with E-state index >= 15 is 0 Å². The summed E-state index contributed by atoms with van der Waals surface area (Å²) in [7, 11) is 1.64. The SMILES string of the molecule is COc1ccc(C(C)NC(=O)Cn2c(C)cc(-c3nnc(C4CC4)o3)c2C)cc1. The molecule has 1 aliphatic carbocycles. The van der Waals surface area contributed by atoms with Crippen LogP contribution >= 0.6 is 0 Å². The van der Waals surface area contributed by atoms with E-state index in [4.69, 9.17) is 9.15 Å². The monoisotopic (exact) mass is 394 g/mol. The molecule has 1 aliphatic rings. The van der Waals surface area contributed by atoms with E-state index in [0.717, 1.165) is 47.0 Å². The van der Waals surface area contributed by atoms with E-state index in [1.54, 1.807) is 7.11 Å². The summed E-state index contributed by atoms with van der Waals surface area (Å²) in [5, 5.41) is 11.4. The van der Waals surface area contributed by atoms with Crippen molar-refractivity contribution in [2.75, 3.05) is 7.11 Å². The molecule has 0 aliphatic heterocycles. The Balaban J connectivity index is 1.45. The van der Waals surface area contributed by atoms with E-state index in [-0.39, 0.29) is 18.5 Å². The van der Waals surface area contributed by atoms with Gasteiger partial charge in [0.1, 0.15) is 12.3 Å². The summed E-state index contributed by atoms with van der Waals surface area (Å²) in [5.41, 5.74) is 3.84. The average molecular weight is 394 g/mol. The highest BCUT2D eigenvalue weighted by atomic mass is 16.5. The van der Waals surface area contributed by atoms with Gasteiger partial charge >= 0.3 is 0 Å². The maximum atomic E-state index is 12.7. The first-order valence-corrected chi connectivity index (χ1v) is 9.90. The number of nitrogens with one attached hydrogen (secondary N) is 1. The zero-order valence-electron chi connectivity index (χ0n) is 17.2. The molecule has 4 rings (SSSR count). The van der Waals surface area contributed by atoms with Crippen molar-refractivity contribution in [1.29, 1.82) is 0 Å². The van der Waals surface area contributed by atoms with Crippen molar-refractivity contribution < 1.29 is 13.9 Å². The zero-order chi connectivity index (χ0) is 20.5. The molecule has 7 heteroatoms. The van der Waals surface area contributed by atoms with Gasteiger partial charge in [-0.2, -0.15) is 0 Å². The molecule has 1 N–H and O–H groups in total. The number of carbonyl (C=O) groups is 1. The second-order valence-electron chi connectivity index (χ2n) is 7.65. The predicted molar refractivity (Wildman–Crippen MR) is 109 cm³/mol. The minimum Gasteiger partial charge on any atom is -0.497 e. The quantitative estimate of drug-likeness (QED) is 0.657. The van der Waals surface area contributed by atoms with Crippen molar-refractivity contribution in [3.8, 4) is 17.2 Å². The normalized spacial score (nSPS) is 14.6. The maximum Gasteiger partial charge on any atom is 0.249 e. The number of benzene rings is 1. The Kier molecular flexibility index (Phi) is 5.13. The van der Waals surface area contributed by atoms with Crippen LogP contribution in [0.25, 0.3) is 11.5 Å². The number of hydrogen-bond donors (Lipinski definition) is 1. The lowest BCUT2D eigenvalue weighted by atomic mass is 10.1. The smallest absolute Gasteiger partial charge is 0.249 e. The molecule has 3 aromatic rings. The molecule has 1 saturated carbocycles. The van der Waals surface area contributed by atoms with Gasteiger partial charge in [-0.3, -0.25) is 4.79 Å². The zero-order valence-corrected chi connectivity index (χ0v) is 17.2.